The summed E-state index contributed by atoms with van der Waals surface area (Å²) in [6, 6.07) is 3.92. The third-order valence-corrected chi connectivity index (χ3v) is 4.44. The van der Waals surface area contributed by atoms with Crippen LogP contribution in [-0.4, -0.2) is 9.55 Å². The smallest absolute Gasteiger partial charge is 0.263 e. The lowest BCUT2D eigenvalue weighted by molar-refractivity contribution is 0.634. The van der Waals surface area contributed by atoms with Crippen LogP contribution in [-0.2, 0) is 13.0 Å². The maximum absolute atomic E-state index is 12.1. The summed E-state index contributed by atoms with van der Waals surface area (Å²) in [7, 11) is 0. The van der Waals surface area contributed by atoms with E-state index in [9.17, 15) is 4.79 Å². The van der Waals surface area contributed by atoms with E-state index in [0.29, 0.717) is 5.39 Å². The molecular formula is C15H19N3OS. The van der Waals surface area contributed by atoms with E-state index in [0.717, 1.165) is 11.3 Å². The van der Waals surface area contributed by atoms with Crippen molar-refractivity contribution in [3.63, 3.8) is 0 Å². The minimum absolute atomic E-state index is 0.0595. The second-order valence-corrected chi connectivity index (χ2v) is 6.05. The first-order chi connectivity index (χ1) is 9.76. The molecule has 2 heterocycles. The van der Waals surface area contributed by atoms with Gasteiger partial charge >= 0.3 is 0 Å². The van der Waals surface area contributed by atoms with E-state index in [1.807, 2.05) is 12.1 Å². The Balaban J connectivity index is 2.08. The molecule has 0 radical (unpaired) electrons. The molecule has 5 heteroatoms. The second-order valence-electron chi connectivity index (χ2n) is 4.93. The Labute approximate surface area is 122 Å². The molecule has 4 nitrogen and oxygen atoms in total. The summed E-state index contributed by atoms with van der Waals surface area (Å²) >= 11 is 1.59. The van der Waals surface area contributed by atoms with Crippen molar-refractivity contribution in [2.24, 2.45) is 0 Å². The molecule has 20 heavy (non-hydrogen) atoms. The van der Waals surface area contributed by atoms with Gasteiger partial charge in [0.05, 0.1) is 11.5 Å². The van der Waals surface area contributed by atoms with Crippen LogP contribution < -0.4 is 5.56 Å². The number of rotatable bonds is 7. The average Bonchev–Trinajstić information content (AvgIpc) is 2.86. The molecule has 0 aliphatic rings. The summed E-state index contributed by atoms with van der Waals surface area (Å²) in [5.74, 6) is 0. The van der Waals surface area contributed by atoms with Gasteiger partial charge < -0.3 is 0 Å². The number of aryl methyl sites for hydroxylation is 1. The van der Waals surface area contributed by atoms with Gasteiger partial charge in [0, 0.05) is 4.88 Å². The van der Waals surface area contributed by atoms with Crippen molar-refractivity contribution in [1.29, 1.82) is 5.26 Å². The Kier molecular flexibility index (Phi) is 5.31. The van der Waals surface area contributed by atoms with Crippen molar-refractivity contribution in [2.75, 3.05) is 0 Å². The van der Waals surface area contributed by atoms with Crippen LogP contribution >= 0.6 is 11.3 Å². The molecule has 0 spiro atoms. The quantitative estimate of drug-likeness (QED) is 0.733. The molecule has 0 amide bonds. The first-order valence-corrected chi connectivity index (χ1v) is 7.92. The maximum atomic E-state index is 12.1. The van der Waals surface area contributed by atoms with Crippen molar-refractivity contribution in [2.45, 2.75) is 52.0 Å². The van der Waals surface area contributed by atoms with E-state index in [-0.39, 0.29) is 12.1 Å². The second kappa shape index (κ2) is 7.20. The lowest BCUT2D eigenvalue weighted by atomic mass is 10.1. The largest absolute Gasteiger partial charge is 0.285 e. The maximum Gasteiger partial charge on any atom is 0.263 e. The Morgan fingerprint density at radius 1 is 1.35 bits per heavy atom. The van der Waals surface area contributed by atoms with E-state index in [1.165, 1.54) is 47.9 Å². The highest BCUT2D eigenvalue weighted by molar-refractivity contribution is 7.18. The summed E-state index contributed by atoms with van der Waals surface area (Å²) < 4.78 is 1.36. The SMILES string of the molecule is CCCCCCCc1cc2c(=O)n(CC#N)cnc2s1. The highest BCUT2D eigenvalue weighted by Gasteiger charge is 2.08. The standard InChI is InChI=1S/C15H19N3OS/c1-2-3-4-5-6-7-12-10-13-14(20-12)17-11-18(9-8-16)15(13)19/h10-11H,2-7,9H2,1H3. The number of hydrogen-bond acceptors (Lipinski definition) is 4. The van der Waals surface area contributed by atoms with Gasteiger partial charge in [-0.25, -0.2) is 4.98 Å². The topological polar surface area (TPSA) is 58.7 Å². The molecule has 2 aromatic heterocycles. The molecular weight excluding hydrogens is 270 g/mol. The van der Waals surface area contributed by atoms with Gasteiger partial charge in [0.2, 0.25) is 0 Å². The number of unbranched alkanes of at least 4 members (excludes halogenated alkanes) is 4. The molecule has 0 bridgehead atoms. The van der Waals surface area contributed by atoms with E-state index in [4.69, 9.17) is 5.26 Å². The van der Waals surface area contributed by atoms with Gasteiger partial charge in [-0.1, -0.05) is 32.6 Å². The molecule has 0 saturated carbocycles. The molecule has 0 N–H and O–H groups in total. The molecule has 0 atom stereocenters. The number of fused-ring (bicyclic) bond motifs is 1. The molecule has 2 aromatic rings. The first kappa shape index (κ1) is 14.7. The number of hydrogen-bond donors (Lipinski definition) is 0. The third-order valence-electron chi connectivity index (χ3n) is 3.34. The van der Waals surface area contributed by atoms with E-state index in [1.54, 1.807) is 11.3 Å². The van der Waals surface area contributed by atoms with Gasteiger partial charge in [-0.05, 0) is 18.9 Å². The third kappa shape index (κ3) is 3.45. The van der Waals surface area contributed by atoms with Crippen molar-refractivity contribution < 1.29 is 0 Å². The summed E-state index contributed by atoms with van der Waals surface area (Å²) in [5.41, 5.74) is -0.106. The zero-order valence-corrected chi connectivity index (χ0v) is 12.6. The molecule has 0 fully saturated rings. The summed E-state index contributed by atoms with van der Waals surface area (Å²) in [5, 5.41) is 9.32. The highest BCUT2D eigenvalue weighted by atomic mass is 32.1. The molecule has 0 aliphatic heterocycles. The van der Waals surface area contributed by atoms with E-state index >= 15 is 0 Å². The molecule has 0 saturated heterocycles. The number of nitrogens with zero attached hydrogens (tertiary/aromatic N) is 3. The van der Waals surface area contributed by atoms with Crippen molar-refractivity contribution in [1.82, 2.24) is 9.55 Å². The minimum Gasteiger partial charge on any atom is -0.285 e. The van der Waals surface area contributed by atoms with Crippen molar-refractivity contribution >= 4 is 21.6 Å². The van der Waals surface area contributed by atoms with Crippen molar-refractivity contribution in [3.8, 4) is 6.07 Å². The van der Waals surface area contributed by atoms with Gasteiger partial charge in [0.1, 0.15) is 17.7 Å². The van der Waals surface area contributed by atoms with Crippen LogP contribution in [0.2, 0.25) is 0 Å². The molecule has 0 unspecified atom stereocenters. The van der Waals surface area contributed by atoms with Crippen LogP contribution in [0.3, 0.4) is 0 Å². The predicted octanol–water partition coefficient (Wildman–Crippen LogP) is 3.49. The summed E-state index contributed by atoms with van der Waals surface area (Å²) in [6.07, 6.45) is 8.73. The monoisotopic (exact) mass is 289 g/mol. The fourth-order valence-corrected chi connectivity index (χ4v) is 3.25. The Bertz CT molecular complexity index is 666. The normalized spacial score (nSPS) is 10.8. The predicted molar refractivity (Wildman–Crippen MR) is 82.0 cm³/mol. The Morgan fingerprint density at radius 3 is 2.90 bits per heavy atom. The van der Waals surface area contributed by atoms with E-state index in [2.05, 4.69) is 11.9 Å². The zero-order chi connectivity index (χ0) is 14.4. The van der Waals surface area contributed by atoms with Gasteiger partial charge in [-0.2, -0.15) is 5.26 Å². The summed E-state index contributed by atoms with van der Waals surface area (Å²) in [6.45, 7) is 2.27. The fraction of sp³-hybridized carbons (Fsp3) is 0.533. The van der Waals surface area contributed by atoms with Crippen LogP contribution in [0.25, 0.3) is 10.2 Å². The van der Waals surface area contributed by atoms with Crippen LogP contribution in [0, 0.1) is 11.3 Å². The Hall–Kier alpha value is -1.67. The number of nitriles is 1. The Morgan fingerprint density at radius 2 is 2.15 bits per heavy atom. The lowest BCUT2D eigenvalue weighted by Gasteiger charge is -1.97. The van der Waals surface area contributed by atoms with Crippen LogP contribution in [0.1, 0.15) is 43.9 Å². The molecule has 0 aliphatic carbocycles. The fourth-order valence-electron chi connectivity index (χ4n) is 2.22. The van der Waals surface area contributed by atoms with E-state index < -0.39 is 0 Å². The van der Waals surface area contributed by atoms with Gasteiger partial charge in [-0.3, -0.25) is 9.36 Å². The minimum atomic E-state index is -0.106. The molecule has 0 aromatic carbocycles. The van der Waals surface area contributed by atoms with Gasteiger partial charge in [-0.15, -0.1) is 11.3 Å². The van der Waals surface area contributed by atoms with Gasteiger partial charge in [0.25, 0.3) is 5.56 Å². The number of aromatic nitrogens is 2. The molecule has 106 valence electrons. The van der Waals surface area contributed by atoms with Crippen LogP contribution in [0.15, 0.2) is 17.2 Å². The molecule has 2 rings (SSSR count). The summed E-state index contributed by atoms with van der Waals surface area (Å²) in [4.78, 5) is 18.4. The van der Waals surface area contributed by atoms with Crippen LogP contribution in [0.4, 0.5) is 0 Å². The number of thiophene rings is 1. The lowest BCUT2D eigenvalue weighted by Crippen LogP contribution is -2.19. The van der Waals surface area contributed by atoms with Crippen molar-refractivity contribution in [3.05, 3.63) is 27.6 Å². The highest BCUT2D eigenvalue weighted by Crippen LogP contribution is 2.22. The zero-order valence-electron chi connectivity index (χ0n) is 11.8. The average molecular weight is 289 g/mol. The first-order valence-electron chi connectivity index (χ1n) is 7.11. The van der Waals surface area contributed by atoms with Gasteiger partial charge in [0.15, 0.2) is 0 Å². The van der Waals surface area contributed by atoms with Crippen LogP contribution in [0.5, 0.6) is 0 Å².